The normalized spacial score (nSPS) is 11.5. The van der Waals surface area contributed by atoms with Crippen molar-refractivity contribution in [2.45, 2.75) is 0 Å². The Labute approximate surface area is 161 Å². The fourth-order valence-corrected chi connectivity index (χ4v) is 3.49. The van der Waals surface area contributed by atoms with Crippen LogP contribution in [0.15, 0.2) is 71.8 Å². The quantitative estimate of drug-likeness (QED) is 0.553. The van der Waals surface area contributed by atoms with Gasteiger partial charge in [-0.1, -0.05) is 18.2 Å². The van der Waals surface area contributed by atoms with Gasteiger partial charge >= 0.3 is 0 Å². The van der Waals surface area contributed by atoms with Crippen LogP contribution in [0.1, 0.15) is 0 Å². The van der Waals surface area contributed by atoms with Crippen LogP contribution in [0.25, 0.3) is 21.7 Å². The van der Waals surface area contributed by atoms with Gasteiger partial charge < -0.3 is 5.32 Å². The molecule has 2 aromatic heterocycles. The molecule has 0 spiro atoms. The molecule has 8 heteroatoms. The van der Waals surface area contributed by atoms with E-state index in [2.05, 4.69) is 20.0 Å². The van der Waals surface area contributed by atoms with Gasteiger partial charge in [0.15, 0.2) is 5.43 Å². The molecule has 28 heavy (non-hydrogen) atoms. The van der Waals surface area contributed by atoms with E-state index in [1.165, 1.54) is 6.07 Å². The second-order valence-corrected chi connectivity index (χ2v) is 8.08. The zero-order valence-corrected chi connectivity index (χ0v) is 15.7. The summed E-state index contributed by atoms with van der Waals surface area (Å²) < 4.78 is 25.4. The minimum Gasteiger partial charge on any atom is -0.339 e. The molecule has 0 bridgehead atoms. The highest BCUT2D eigenvalue weighted by atomic mass is 32.2. The fourth-order valence-electron chi connectivity index (χ4n) is 2.93. The van der Waals surface area contributed by atoms with E-state index in [4.69, 9.17) is 0 Å². The van der Waals surface area contributed by atoms with Crippen LogP contribution in [-0.4, -0.2) is 24.6 Å². The van der Waals surface area contributed by atoms with Crippen molar-refractivity contribution in [2.24, 2.45) is 0 Å². The Kier molecular flexibility index (Phi) is 4.40. The van der Waals surface area contributed by atoms with E-state index in [1.54, 1.807) is 42.7 Å². The number of anilines is 3. The zero-order chi connectivity index (χ0) is 19.7. The summed E-state index contributed by atoms with van der Waals surface area (Å²) in [6, 6.07) is 15.6. The summed E-state index contributed by atoms with van der Waals surface area (Å²) in [6.07, 6.45) is 4.37. The van der Waals surface area contributed by atoms with Gasteiger partial charge in [-0.15, -0.1) is 0 Å². The maximum Gasteiger partial charge on any atom is 0.229 e. The maximum absolute atomic E-state index is 13.1. The van der Waals surface area contributed by atoms with Gasteiger partial charge in [0.25, 0.3) is 0 Å². The molecule has 0 amide bonds. The van der Waals surface area contributed by atoms with Crippen LogP contribution in [0.5, 0.6) is 0 Å². The fraction of sp³-hybridized carbons (Fsp3) is 0.0500. The lowest BCUT2D eigenvalue weighted by Gasteiger charge is -2.05. The van der Waals surface area contributed by atoms with E-state index in [9.17, 15) is 13.2 Å². The van der Waals surface area contributed by atoms with Gasteiger partial charge in [-0.3, -0.25) is 14.5 Å². The summed E-state index contributed by atoms with van der Waals surface area (Å²) >= 11 is 0. The largest absolute Gasteiger partial charge is 0.339 e. The first kappa shape index (κ1) is 17.9. The maximum atomic E-state index is 13.1. The standard InChI is InChI=1S/C20H16N4O3S/c1-28(26,27)24-14-7-5-13-6-8-18-17(20(25)16(13)10-14)11-15(12-22-18)23-19-4-2-3-9-21-19/h2-12,24H,1H3,(H,21,23). The second kappa shape index (κ2) is 6.90. The Bertz CT molecular complexity index is 1360. The summed E-state index contributed by atoms with van der Waals surface area (Å²) in [5.41, 5.74) is 1.28. The van der Waals surface area contributed by atoms with Gasteiger partial charge in [-0.2, -0.15) is 0 Å². The van der Waals surface area contributed by atoms with Crippen molar-refractivity contribution in [1.82, 2.24) is 9.97 Å². The molecule has 140 valence electrons. The first-order valence-corrected chi connectivity index (χ1v) is 10.3. The SMILES string of the molecule is CS(=O)(=O)Nc1ccc2ccc3ncc(Nc4ccccn4)cc3c(=O)c2c1. The molecule has 0 aliphatic rings. The van der Waals surface area contributed by atoms with Crippen LogP contribution >= 0.6 is 0 Å². The zero-order valence-electron chi connectivity index (χ0n) is 14.9. The molecule has 0 atom stereocenters. The number of rotatable bonds is 4. The molecular weight excluding hydrogens is 376 g/mol. The summed E-state index contributed by atoms with van der Waals surface area (Å²) in [6.45, 7) is 0. The third-order valence-electron chi connectivity index (χ3n) is 4.12. The van der Waals surface area contributed by atoms with Crippen LogP contribution in [0.4, 0.5) is 17.2 Å². The van der Waals surface area contributed by atoms with E-state index in [0.29, 0.717) is 38.9 Å². The molecule has 4 aromatic rings. The van der Waals surface area contributed by atoms with Crippen LogP contribution in [0.3, 0.4) is 0 Å². The third-order valence-corrected chi connectivity index (χ3v) is 4.73. The number of hydrogen-bond acceptors (Lipinski definition) is 6. The van der Waals surface area contributed by atoms with E-state index in [-0.39, 0.29) is 5.43 Å². The molecule has 0 aliphatic heterocycles. The van der Waals surface area contributed by atoms with Crippen molar-refractivity contribution in [2.75, 3.05) is 16.3 Å². The molecular formula is C20H16N4O3S. The summed E-state index contributed by atoms with van der Waals surface area (Å²) in [5.74, 6) is 0.640. The molecule has 0 aliphatic carbocycles. The van der Waals surface area contributed by atoms with Crippen molar-refractivity contribution < 1.29 is 8.42 Å². The Balaban J connectivity index is 1.88. The van der Waals surface area contributed by atoms with E-state index in [1.807, 2.05) is 18.2 Å². The molecule has 7 nitrogen and oxygen atoms in total. The molecule has 0 radical (unpaired) electrons. The predicted octanol–water partition coefficient (Wildman–Crippen LogP) is 3.26. The topological polar surface area (TPSA) is 101 Å². The average Bonchev–Trinajstić information content (AvgIpc) is 2.79. The molecule has 4 rings (SSSR count). The Morgan fingerprint density at radius 2 is 1.68 bits per heavy atom. The molecule has 2 heterocycles. The molecule has 0 fully saturated rings. The van der Waals surface area contributed by atoms with Crippen molar-refractivity contribution in [3.8, 4) is 0 Å². The number of sulfonamides is 1. The first-order chi connectivity index (χ1) is 13.4. The summed E-state index contributed by atoms with van der Waals surface area (Å²) in [5, 5.41) is 4.64. The number of nitrogens with zero attached hydrogens (tertiary/aromatic N) is 2. The predicted molar refractivity (Wildman–Crippen MR) is 112 cm³/mol. The van der Waals surface area contributed by atoms with E-state index < -0.39 is 10.0 Å². The monoisotopic (exact) mass is 392 g/mol. The highest BCUT2D eigenvalue weighted by Gasteiger charge is 2.08. The first-order valence-electron chi connectivity index (χ1n) is 8.42. The minimum atomic E-state index is -3.44. The van der Waals surface area contributed by atoms with Crippen molar-refractivity contribution in [1.29, 1.82) is 0 Å². The van der Waals surface area contributed by atoms with Crippen LogP contribution in [0, 0.1) is 0 Å². The Morgan fingerprint density at radius 3 is 2.43 bits per heavy atom. The van der Waals surface area contributed by atoms with Gasteiger partial charge in [0.1, 0.15) is 5.82 Å². The van der Waals surface area contributed by atoms with Crippen LogP contribution < -0.4 is 15.5 Å². The van der Waals surface area contributed by atoms with E-state index >= 15 is 0 Å². The Hall–Kier alpha value is -3.52. The summed E-state index contributed by atoms with van der Waals surface area (Å²) in [4.78, 5) is 21.7. The van der Waals surface area contributed by atoms with Crippen molar-refractivity contribution in [3.63, 3.8) is 0 Å². The average molecular weight is 392 g/mol. The van der Waals surface area contributed by atoms with Gasteiger partial charge in [-0.05, 0) is 41.8 Å². The van der Waals surface area contributed by atoms with Crippen LogP contribution in [-0.2, 0) is 10.0 Å². The van der Waals surface area contributed by atoms with E-state index in [0.717, 1.165) is 6.26 Å². The summed E-state index contributed by atoms with van der Waals surface area (Å²) in [7, 11) is -3.44. The number of aromatic nitrogens is 2. The van der Waals surface area contributed by atoms with Gasteiger partial charge in [0.2, 0.25) is 10.0 Å². The number of pyridine rings is 2. The minimum absolute atomic E-state index is 0.232. The van der Waals surface area contributed by atoms with Gasteiger partial charge in [0.05, 0.1) is 29.0 Å². The second-order valence-electron chi connectivity index (χ2n) is 6.34. The highest BCUT2D eigenvalue weighted by molar-refractivity contribution is 7.92. The lowest BCUT2D eigenvalue weighted by molar-refractivity contribution is 0.607. The van der Waals surface area contributed by atoms with Crippen LogP contribution in [0.2, 0.25) is 0 Å². The highest BCUT2D eigenvalue weighted by Crippen LogP contribution is 2.21. The number of fused-ring (bicyclic) bond motifs is 2. The van der Waals surface area contributed by atoms with Crippen molar-refractivity contribution >= 4 is 48.9 Å². The lowest BCUT2D eigenvalue weighted by atomic mass is 10.1. The molecule has 0 unspecified atom stereocenters. The van der Waals surface area contributed by atoms with Crippen molar-refractivity contribution in [3.05, 3.63) is 77.2 Å². The number of benzene rings is 1. The lowest BCUT2D eigenvalue weighted by Crippen LogP contribution is -2.10. The number of hydrogen-bond donors (Lipinski definition) is 2. The Morgan fingerprint density at radius 1 is 0.893 bits per heavy atom. The molecule has 0 saturated carbocycles. The third kappa shape index (κ3) is 3.77. The number of nitrogens with one attached hydrogen (secondary N) is 2. The molecule has 2 N–H and O–H groups in total. The molecule has 2 aromatic carbocycles. The smallest absolute Gasteiger partial charge is 0.229 e. The van der Waals surface area contributed by atoms with Gasteiger partial charge in [-0.25, -0.2) is 13.4 Å². The van der Waals surface area contributed by atoms with Gasteiger partial charge in [0, 0.05) is 17.3 Å². The molecule has 0 saturated heterocycles.